The van der Waals surface area contributed by atoms with Crippen LogP contribution in [0.25, 0.3) is 0 Å². The Morgan fingerprint density at radius 3 is 2.75 bits per heavy atom. The highest BCUT2D eigenvalue weighted by molar-refractivity contribution is 5.96. The summed E-state index contributed by atoms with van der Waals surface area (Å²) in [4.78, 5) is 22.3. The number of carbonyl (C=O) groups is 2. The van der Waals surface area contributed by atoms with Crippen LogP contribution in [0.15, 0.2) is 35.5 Å². The van der Waals surface area contributed by atoms with Crippen molar-refractivity contribution in [1.29, 1.82) is 0 Å². The third kappa shape index (κ3) is 5.43. The quantitative estimate of drug-likeness (QED) is 0.752. The molecule has 1 aliphatic rings. The normalized spacial score (nSPS) is 15.9. The fourth-order valence-corrected chi connectivity index (χ4v) is 2.16. The van der Waals surface area contributed by atoms with E-state index in [-0.39, 0.29) is 18.9 Å². The van der Waals surface area contributed by atoms with E-state index < -0.39 is 5.97 Å². The summed E-state index contributed by atoms with van der Waals surface area (Å²) in [5.74, 6) is -0.618. The highest BCUT2D eigenvalue weighted by atomic mass is 16.4. The van der Waals surface area contributed by atoms with Crippen LogP contribution >= 0.6 is 0 Å². The van der Waals surface area contributed by atoms with Crippen molar-refractivity contribution in [1.82, 2.24) is 5.32 Å². The molecule has 1 amide bonds. The first-order chi connectivity index (χ1) is 9.54. The molecule has 4 nitrogen and oxygen atoms in total. The predicted molar refractivity (Wildman–Crippen MR) is 79.3 cm³/mol. The van der Waals surface area contributed by atoms with Gasteiger partial charge in [-0.25, -0.2) is 0 Å². The number of allylic oxidation sites excluding steroid dienone is 4. The van der Waals surface area contributed by atoms with Gasteiger partial charge < -0.3 is 10.4 Å². The minimum atomic E-state index is -0.909. The van der Waals surface area contributed by atoms with E-state index >= 15 is 0 Å². The van der Waals surface area contributed by atoms with Crippen LogP contribution in [0.2, 0.25) is 0 Å². The number of aliphatic carboxylic acids is 1. The molecule has 0 aliphatic heterocycles. The highest BCUT2D eigenvalue weighted by Crippen LogP contribution is 2.21. The number of hydrogen-bond acceptors (Lipinski definition) is 2. The molecule has 110 valence electrons. The molecule has 0 saturated heterocycles. The van der Waals surface area contributed by atoms with Crippen LogP contribution in [-0.4, -0.2) is 23.5 Å². The van der Waals surface area contributed by atoms with Crippen LogP contribution in [-0.2, 0) is 9.59 Å². The average Bonchev–Trinajstić information content (AvgIpc) is 2.64. The van der Waals surface area contributed by atoms with Gasteiger partial charge in [0.25, 0.3) is 5.91 Å². The van der Waals surface area contributed by atoms with Crippen molar-refractivity contribution in [3.8, 4) is 0 Å². The standard InChI is InChI=1S/C16H23NO3/c1-3-5-12(2)13-6-4-7-14(9-8-13)16(20)17-11-10-15(18)19/h6-9,12H,3-5,10-11H2,1-2H3,(H,17,20)(H,18,19). The largest absolute Gasteiger partial charge is 0.481 e. The fourth-order valence-electron chi connectivity index (χ4n) is 2.16. The van der Waals surface area contributed by atoms with Gasteiger partial charge in [0, 0.05) is 12.1 Å². The van der Waals surface area contributed by atoms with Crippen LogP contribution in [0.3, 0.4) is 0 Å². The Morgan fingerprint density at radius 2 is 2.10 bits per heavy atom. The number of carbonyl (C=O) groups excluding carboxylic acids is 1. The van der Waals surface area contributed by atoms with Gasteiger partial charge in [0.15, 0.2) is 0 Å². The van der Waals surface area contributed by atoms with Crippen molar-refractivity contribution in [3.63, 3.8) is 0 Å². The van der Waals surface area contributed by atoms with Crippen molar-refractivity contribution in [2.24, 2.45) is 5.92 Å². The van der Waals surface area contributed by atoms with Gasteiger partial charge in [-0.1, -0.05) is 38.5 Å². The van der Waals surface area contributed by atoms with E-state index in [0.29, 0.717) is 11.5 Å². The van der Waals surface area contributed by atoms with Gasteiger partial charge in [0.1, 0.15) is 0 Å². The summed E-state index contributed by atoms with van der Waals surface area (Å²) in [5.41, 5.74) is 1.86. The number of carboxylic acids is 1. The molecule has 0 bridgehead atoms. The highest BCUT2D eigenvalue weighted by Gasteiger charge is 2.11. The molecule has 1 aliphatic carbocycles. The molecule has 0 saturated carbocycles. The van der Waals surface area contributed by atoms with Crippen LogP contribution in [0, 0.1) is 5.92 Å². The van der Waals surface area contributed by atoms with Gasteiger partial charge in [0.2, 0.25) is 0 Å². The molecule has 0 heterocycles. The fraction of sp³-hybridized carbons (Fsp3) is 0.500. The summed E-state index contributed by atoms with van der Waals surface area (Å²) < 4.78 is 0. The Hall–Kier alpha value is -1.84. The molecule has 0 fully saturated rings. The van der Waals surface area contributed by atoms with E-state index in [9.17, 15) is 9.59 Å². The van der Waals surface area contributed by atoms with Crippen molar-refractivity contribution >= 4 is 11.9 Å². The Kier molecular flexibility index (Phi) is 6.77. The van der Waals surface area contributed by atoms with Crippen molar-refractivity contribution in [3.05, 3.63) is 35.5 Å². The second kappa shape index (κ2) is 8.35. The zero-order chi connectivity index (χ0) is 15.0. The molecule has 0 aromatic heterocycles. The Labute approximate surface area is 120 Å². The van der Waals surface area contributed by atoms with Gasteiger partial charge >= 0.3 is 5.97 Å². The second-order valence-corrected chi connectivity index (χ2v) is 5.02. The lowest BCUT2D eigenvalue weighted by atomic mass is 9.95. The smallest absolute Gasteiger partial charge is 0.305 e. The van der Waals surface area contributed by atoms with Gasteiger partial charge in [-0.05, 0) is 30.4 Å². The maximum atomic E-state index is 11.9. The van der Waals surface area contributed by atoms with Crippen LogP contribution in [0.5, 0.6) is 0 Å². The van der Waals surface area contributed by atoms with E-state index in [2.05, 4.69) is 25.2 Å². The topological polar surface area (TPSA) is 66.4 Å². The van der Waals surface area contributed by atoms with Crippen LogP contribution in [0.4, 0.5) is 0 Å². The molecule has 2 N–H and O–H groups in total. The number of hydrogen-bond donors (Lipinski definition) is 2. The zero-order valence-electron chi connectivity index (χ0n) is 12.2. The van der Waals surface area contributed by atoms with Gasteiger partial charge in [-0.15, -0.1) is 0 Å². The Bertz CT molecular complexity index is 447. The molecule has 1 atom stereocenters. The Balaban J connectivity index is 2.54. The number of nitrogens with one attached hydrogen (secondary N) is 1. The summed E-state index contributed by atoms with van der Waals surface area (Å²) in [6, 6.07) is 0. The SMILES string of the molecule is CCCC(C)C1=CCC=C(C(=O)NCCC(=O)O)C=C1. The lowest BCUT2D eigenvalue weighted by Crippen LogP contribution is -2.26. The first-order valence-electron chi connectivity index (χ1n) is 7.12. The van der Waals surface area contributed by atoms with E-state index in [1.165, 1.54) is 5.57 Å². The zero-order valence-corrected chi connectivity index (χ0v) is 12.2. The van der Waals surface area contributed by atoms with Crippen LogP contribution in [0.1, 0.15) is 39.5 Å². The molecule has 4 heteroatoms. The molecule has 0 radical (unpaired) electrons. The first kappa shape index (κ1) is 16.2. The summed E-state index contributed by atoms with van der Waals surface area (Å²) >= 11 is 0. The van der Waals surface area contributed by atoms with Gasteiger partial charge in [-0.3, -0.25) is 9.59 Å². The third-order valence-electron chi connectivity index (χ3n) is 3.32. The summed E-state index contributed by atoms with van der Waals surface area (Å²) in [6.07, 6.45) is 10.8. The van der Waals surface area contributed by atoms with Gasteiger partial charge in [0.05, 0.1) is 6.42 Å². The molecule has 1 rings (SSSR count). The molecule has 1 unspecified atom stereocenters. The molecule has 0 aromatic carbocycles. The predicted octanol–water partition coefficient (Wildman–Crippen LogP) is 2.83. The minimum absolute atomic E-state index is 0.0558. The van der Waals surface area contributed by atoms with Gasteiger partial charge in [-0.2, -0.15) is 0 Å². The van der Waals surface area contributed by atoms with E-state index in [4.69, 9.17) is 5.11 Å². The maximum Gasteiger partial charge on any atom is 0.305 e. The van der Waals surface area contributed by atoms with Crippen molar-refractivity contribution in [2.75, 3.05) is 6.54 Å². The number of rotatable bonds is 7. The molecule has 0 spiro atoms. The Morgan fingerprint density at radius 1 is 1.35 bits per heavy atom. The lowest BCUT2D eigenvalue weighted by Gasteiger charge is -2.10. The molecule has 20 heavy (non-hydrogen) atoms. The van der Waals surface area contributed by atoms with E-state index in [0.717, 1.165) is 19.3 Å². The summed E-state index contributed by atoms with van der Waals surface area (Å²) in [5, 5.41) is 11.2. The van der Waals surface area contributed by atoms with Crippen LogP contribution < -0.4 is 5.32 Å². The third-order valence-corrected chi connectivity index (χ3v) is 3.32. The first-order valence-corrected chi connectivity index (χ1v) is 7.12. The molecular formula is C16H23NO3. The number of carboxylic acid groups (broad SMARTS) is 1. The monoisotopic (exact) mass is 277 g/mol. The van der Waals surface area contributed by atoms with Crippen molar-refractivity contribution < 1.29 is 14.7 Å². The number of amides is 1. The second-order valence-electron chi connectivity index (χ2n) is 5.02. The molecular weight excluding hydrogens is 254 g/mol. The summed E-state index contributed by atoms with van der Waals surface area (Å²) in [6.45, 7) is 4.51. The minimum Gasteiger partial charge on any atom is -0.481 e. The van der Waals surface area contributed by atoms with Crippen molar-refractivity contribution in [2.45, 2.75) is 39.5 Å². The lowest BCUT2D eigenvalue weighted by molar-refractivity contribution is -0.136. The summed E-state index contributed by atoms with van der Waals surface area (Å²) in [7, 11) is 0. The van der Waals surface area contributed by atoms with E-state index in [1.54, 1.807) is 0 Å². The maximum absolute atomic E-state index is 11.9. The van der Waals surface area contributed by atoms with E-state index in [1.807, 2.05) is 18.2 Å². The average molecular weight is 277 g/mol. The molecule has 0 aromatic rings.